The Morgan fingerprint density at radius 1 is 0.889 bits per heavy atom. The van der Waals surface area contributed by atoms with Gasteiger partial charge in [0.1, 0.15) is 5.75 Å². The van der Waals surface area contributed by atoms with E-state index in [1.54, 1.807) is 0 Å². The van der Waals surface area contributed by atoms with Crippen molar-refractivity contribution < 1.29 is 39.5 Å². The number of nitrogens with one attached hydrogen (secondary N) is 2. The molecule has 9 nitrogen and oxygen atoms in total. The Hall–Kier alpha value is -3.62. The lowest BCUT2D eigenvalue weighted by Crippen LogP contribution is -2.28. The first-order valence-corrected chi connectivity index (χ1v) is 13.1. The maximum atomic E-state index is 12.8. The third-order valence-corrected chi connectivity index (χ3v) is 7.01. The van der Waals surface area contributed by atoms with Gasteiger partial charge in [0.25, 0.3) is 15.9 Å². The second-order valence-corrected chi connectivity index (χ2v) is 10.7. The van der Waals surface area contributed by atoms with Gasteiger partial charge < -0.3 is 10.1 Å². The van der Waals surface area contributed by atoms with Gasteiger partial charge in [-0.05, 0) is 60.2 Å². The van der Waals surface area contributed by atoms with Crippen molar-refractivity contribution in [3.05, 3.63) is 83.9 Å². The molecule has 36 heavy (non-hydrogen) atoms. The molecule has 4 N–H and O–H groups in total. The highest BCUT2D eigenvalue weighted by Crippen LogP contribution is 2.31. The van der Waals surface area contributed by atoms with Crippen LogP contribution in [-0.4, -0.2) is 29.3 Å². The highest BCUT2D eigenvalue weighted by Gasteiger charge is 2.30. The lowest BCUT2D eigenvalue weighted by atomic mass is 10.2. The quantitative estimate of drug-likeness (QED) is 0.379. The fourth-order valence-corrected chi connectivity index (χ4v) is 4.45. The second-order valence-electron chi connectivity index (χ2n) is 7.41. The minimum Gasteiger partial charge on any atom is -0.484 e. The number of anilines is 1. The van der Waals surface area contributed by atoms with Gasteiger partial charge in [0.15, 0.2) is 6.61 Å². The SMILES string of the molecule is NS(=O)(=O)c1ccc(CNC(=O)COc2ccc(S(=O)(=O)Nc3cccc(C(F)(F)F)c3)cc2)cc1. The number of amides is 1. The summed E-state index contributed by atoms with van der Waals surface area (Å²) in [4.78, 5) is 11.7. The summed E-state index contributed by atoms with van der Waals surface area (Å²) in [6.45, 7) is -0.282. The first-order chi connectivity index (χ1) is 16.7. The van der Waals surface area contributed by atoms with E-state index in [9.17, 15) is 34.8 Å². The topological polar surface area (TPSA) is 145 Å². The molecule has 0 heterocycles. The molecule has 0 aliphatic rings. The van der Waals surface area contributed by atoms with E-state index in [0.717, 1.165) is 12.1 Å². The molecule has 3 aromatic rings. The van der Waals surface area contributed by atoms with E-state index in [1.165, 1.54) is 54.6 Å². The zero-order valence-electron chi connectivity index (χ0n) is 18.3. The van der Waals surface area contributed by atoms with E-state index < -0.39 is 37.7 Å². The number of benzene rings is 3. The van der Waals surface area contributed by atoms with Gasteiger partial charge in [-0.3, -0.25) is 9.52 Å². The first-order valence-electron chi connectivity index (χ1n) is 10.1. The molecule has 0 saturated heterocycles. The molecular formula is C22H20F3N3O6S2. The zero-order chi connectivity index (χ0) is 26.6. The maximum Gasteiger partial charge on any atom is 0.416 e. The number of rotatable bonds is 9. The number of hydrogen-bond acceptors (Lipinski definition) is 6. The molecule has 0 aliphatic carbocycles. The number of alkyl halides is 3. The summed E-state index contributed by atoms with van der Waals surface area (Å²) in [6, 6.07) is 14.3. The number of carbonyl (C=O) groups is 1. The predicted molar refractivity (Wildman–Crippen MR) is 124 cm³/mol. The number of carbonyl (C=O) groups excluding carboxylic acids is 1. The molecule has 0 bridgehead atoms. The predicted octanol–water partition coefficient (Wildman–Crippen LogP) is 2.85. The molecule has 0 aliphatic heterocycles. The van der Waals surface area contributed by atoms with Gasteiger partial charge in [0.05, 0.1) is 15.4 Å². The molecular weight excluding hydrogens is 523 g/mol. The van der Waals surface area contributed by atoms with Crippen molar-refractivity contribution in [3.8, 4) is 5.75 Å². The number of hydrogen-bond donors (Lipinski definition) is 3. The Morgan fingerprint density at radius 3 is 2.08 bits per heavy atom. The average Bonchev–Trinajstić information content (AvgIpc) is 2.81. The Bertz CT molecular complexity index is 1440. The van der Waals surface area contributed by atoms with Crippen molar-refractivity contribution in [2.45, 2.75) is 22.5 Å². The van der Waals surface area contributed by atoms with Gasteiger partial charge in [-0.1, -0.05) is 18.2 Å². The molecule has 0 spiro atoms. The van der Waals surface area contributed by atoms with Crippen molar-refractivity contribution in [2.24, 2.45) is 5.14 Å². The summed E-state index contributed by atoms with van der Waals surface area (Å²) in [5, 5.41) is 7.60. The second kappa shape index (κ2) is 10.6. The van der Waals surface area contributed by atoms with Gasteiger partial charge in [-0.2, -0.15) is 13.2 Å². The van der Waals surface area contributed by atoms with Crippen LogP contribution in [0.5, 0.6) is 5.75 Å². The zero-order valence-corrected chi connectivity index (χ0v) is 20.0. The van der Waals surface area contributed by atoms with Crippen LogP contribution in [0.4, 0.5) is 18.9 Å². The molecule has 0 aromatic heterocycles. The van der Waals surface area contributed by atoms with Crippen LogP contribution in [0, 0.1) is 0 Å². The molecule has 14 heteroatoms. The van der Waals surface area contributed by atoms with Gasteiger partial charge in [0, 0.05) is 12.2 Å². The smallest absolute Gasteiger partial charge is 0.416 e. The van der Waals surface area contributed by atoms with Crippen LogP contribution in [0.3, 0.4) is 0 Å². The molecule has 3 rings (SSSR count). The van der Waals surface area contributed by atoms with Gasteiger partial charge in [-0.15, -0.1) is 0 Å². The van der Waals surface area contributed by atoms with Crippen molar-refractivity contribution in [1.82, 2.24) is 5.32 Å². The summed E-state index contributed by atoms with van der Waals surface area (Å²) >= 11 is 0. The van der Waals surface area contributed by atoms with Crippen molar-refractivity contribution in [1.29, 1.82) is 0 Å². The summed E-state index contributed by atoms with van der Waals surface area (Å²) < 4.78 is 93.4. The minimum atomic E-state index is -4.62. The summed E-state index contributed by atoms with van der Waals surface area (Å²) in [5.41, 5.74) is -0.620. The van der Waals surface area contributed by atoms with Crippen molar-refractivity contribution in [2.75, 3.05) is 11.3 Å². The summed E-state index contributed by atoms with van der Waals surface area (Å²) in [6.07, 6.45) is -4.62. The highest BCUT2D eigenvalue weighted by atomic mass is 32.2. The van der Waals surface area contributed by atoms with Crippen LogP contribution in [0.1, 0.15) is 11.1 Å². The normalized spacial score (nSPS) is 12.1. The molecule has 0 atom stereocenters. The number of primary sulfonamides is 1. The Balaban J connectivity index is 1.53. The summed E-state index contributed by atoms with van der Waals surface area (Å²) in [7, 11) is -7.99. The van der Waals surface area contributed by atoms with Crippen LogP contribution in [0.15, 0.2) is 82.6 Å². The van der Waals surface area contributed by atoms with E-state index >= 15 is 0 Å². The monoisotopic (exact) mass is 543 g/mol. The number of nitrogens with two attached hydrogens (primary N) is 1. The average molecular weight is 544 g/mol. The molecule has 0 unspecified atom stereocenters. The van der Waals surface area contributed by atoms with E-state index in [4.69, 9.17) is 9.88 Å². The minimum absolute atomic E-state index is 0.0589. The maximum absolute atomic E-state index is 12.8. The van der Waals surface area contributed by atoms with Crippen LogP contribution in [0.25, 0.3) is 0 Å². The molecule has 1 amide bonds. The Labute approximate surface area is 205 Å². The molecule has 0 radical (unpaired) electrons. The lowest BCUT2D eigenvalue weighted by Gasteiger charge is -2.12. The molecule has 192 valence electrons. The van der Waals surface area contributed by atoms with E-state index in [-0.39, 0.29) is 34.4 Å². The Kier molecular flexibility index (Phi) is 7.91. The number of sulfonamides is 2. The van der Waals surface area contributed by atoms with Crippen LogP contribution in [-0.2, 0) is 37.6 Å². The number of ether oxygens (including phenoxy) is 1. The van der Waals surface area contributed by atoms with Crippen LogP contribution < -0.4 is 19.9 Å². The lowest BCUT2D eigenvalue weighted by molar-refractivity contribution is -0.137. The van der Waals surface area contributed by atoms with Crippen LogP contribution >= 0.6 is 0 Å². The molecule has 0 saturated carbocycles. The number of halogens is 3. The summed E-state index contributed by atoms with van der Waals surface area (Å²) in [5.74, 6) is -0.311. The largest absolute Gasteiger partial charge is 0.484 e. The van der Waals surface area contributed by atoms with Gasteiger partial charge in [-0.25, -0.2) is 22.0 Å². The molecule has 0 fully saturated rings. The van der Waals surface area contributed by atoms with Crippen molar-refractivity contribution >= 4 is 31.6 Å². The first kappa shape index (κ1) is 27.0. The van der Waals surface area contributed by atoms with E-state index in [2.05, 4.69) is 10.0 Å². The third kappa shape index (κ3) is 7.44. The van der Waals surface area contributed by atoms with Gasteiger partial charge >= 0.3 is 6.18 Å². The standard InChI is InChI=1S/C22H20F3N3O6S2/c23-22(24,25)16-2-1-3-17(12-16)28-36(32,33)20-10-6-18(7-11-20)34-14-21(29)27-13-15-4-8-19(9-5-15)35(26,30)31/h1-12,28H,13-14H2,(H,27,29)(H2,26,30,31). The van der Waals surface area contributed by atoms with E-state index in [1.807, 2.05) is 0 Å². The third-order valence-electron chi connectivity index (χ3n) is 4.69. The van der Waals surface area contributed by atoms with Crippen LogP contribution in [0.2, 0.25) is 0 Å². The van der Waals surface area contributed by atoms with E-state index in [0.29, 0.717) is 11.6 Å². The van der Waals surface area contributed by atoms with Gasteiger partial charge in [0.2, 0.25) is 10.0 Å². The fraction of sp³-hybridized carbons (Fsp3) is 0.136. The highest BCUT2D eigenvalue weighted by molar-refractivity contribution is 7.92. The van der Waals surface area contributed by atoms with Crippen molar-refractivity contribution in [3.63, 3.8) is 0 Å². The fourth-order valence-electron chi connectivity index (χ4n) is 2.89. The molecule has 3 aromatic carbocycles. The Morgan fingerprint density at radius 2 is 1.50 bits per heavy atom.